The summed E-state index contributed by atoms with van der Waals surface area (Å²) in [6.07, 6.45) is 0.949. The van der Waals surface area contributed by atoms with E-state index in [9.17, 15) is 0 Å². The maximum absolute atomic E-state index is 5.61. The van der Waals surface area contributed by atoms with Crippen LogP contribution in [0, 0.1) is 5.92 Å². The first-order chi connectivity index (χ1) is 6.81. The third kappa shape index (κ3) is 1.91. The summed E-state index contributed by atoms with van der Waals surface area (Å²) < 4.78 is 10.5. The van der Waals surface area contributed by atoms with Crippen LogP contribution in [0.25, 0.3) is 0 Å². The Labute approximate surface area is 87.6 Å². The van der Waals surface area contributed by atoms with Crippen molar-refractivity contribution in [2.45, 2.75) is 25.1 Å². The summed E-state index contributed by atoms with van der Waals surface area (Å²) in [5, 5.41) is 3.79. The number of ether oxygens (including phenoxy) is 1. The molecule has 1 aromatic rings. The molecule has 0 N–H and O–H groups in total. The molecular formula is C9H13ClN2O2. The summed E-state index contributed by atoms with van der Waals surface area (Å²) >= 11 is 5.61. The zero-order valence-corrected chi connectivity index (χ0v) is 8.83. The highest BCUT2D eigenvalue weighted by Gasteiger charge is 2.28. The lowest BCUT2D eigenvalue weighted by atomic mass is 9.90. The molecule has 0 amide bonds. The third-order valence-electron chi connectivity index (χ3n) is 2.56. The van der Waals surface area contributed by atoms with Crippen molar-refractivity contribution in [1.29, 1.82) is 0 Å². The zero-order chi connectivity index (χ0) is 9.97. The van der Waals surface area contributed by atoms with E-state index < -0.39 is 0 Å². The molecule has 2 unspecified atom stereocenters. The molecule has 1 aromatic heterocycles. The van der Waals surface area contributed by atoms with Crippen LogP contribution in [0.4, 0.5) is 0 Å². The first-order valence-electron chi connectivity index (χ1n) is 4.77. The first kappa shape index (κ1) is 9.93. The van der Waals surface area contributed by atoms with E-state index in [1.807, 2.05) is 0 Å². The van der Waals surface area contributed by atoms with E-state index >= 15 is 0 Å². The van der Waals surface area contributed by atoms with Gasteiger partial charge in [-0.15, -0.1) is 11.6 Å². The predicted molar refractivity (Wildman–Crippen MR) is 51.2 cm³/mol. The summed E-state index contributed by atoms with van der Waals surface area (Å²) in [5.41, 5.74) is 0. The van der Waals surface area contributed by atoms with Crippen molar-refractivity contribution in [1.82, 2.24) is 10.1 Å². The van der Waals surface area contributed by atoms with Crippen molar-refractivity contribution in [2.24, 2.45) is 5.92 Å². The lowest BCUT2D eigenvalue weighted by Gasteiger charge is -2.25. The zero-order valence-electron chi connectivity index (χ0n) is 8.07. The average molecular weight is 217 g/mol. The molecule has 0 spiro atoms. The summed E-state index contributed by atoms with van der Waals surface area (Å²) in [4.78, 5) is 4.24. The van der Waals surface area contributed by atoms with Gasteiger partial charge >= 0.3 is 0 Å². The Kier molecular flexibility index (Phi) is 3.03. The van der Waals surface area contributed by atoms with Gasteiger partial charge in [-0.25, -0.2) is 0 Å². The first-order valence-corrected chi connectivity index (χ1v) is 5.31. The molecule has 1 aliphatic heterocycles. The van der Waals surface area contributed by atoms with Crippen LogP contribution in [0.1, 0.15) is 31.0 Å². The van der Waals surface area contributed by atoms with Gasteiger partial charge in [-0.1, -0.05) is 12.1 Å². The number of nitrogens with zero attached hydrogens (tertiary/aromatic N) is 2. The molecule has 0 aliphatic carbocycles. The summed E-state index contributed by atoms with van der Waals surface area (Å²) in [6, 6.07) is 0. The molecule has 1 aliphatic rings. The van der Waals surface area contributed by atoms with Gasteiger partial charge in [0.05, 0.1) is 5.88 Å². The number of halogens is 1. The molecule has 2 heterocycles. The number of aromatic nitrogens is 2. The van der Waals surface area contributed by atoms with Crippen molar-refractivity contribution >= 4 is 11.6 Å². The number of rotatable bonds is 2. The van der Waals surface area contributed by atoms with Gasteiger partial charge in [-0.05, 0) is 12.3 Å². The van der Waals surface area contributed by atoms with Crippen molar-refractivity contribution in [3.05, 3.63) is 11.7 Å². The fourth-order valence-electron chi connectivity index (χ4n) is 1.72. The topological polar surface area (TPSA) is 48.2 Å². The maximum Gasteiger partial charge on any atom is 0.230 e. The minimum atomic E-state index is 0.307. The Hall–Kier alpha value is -0.610. The standard InChI is InChI=1S/C9H13ClN2O2/c1-6-5-13-3-2-7(6)9-11-8(4-10)12-14-9/h6-7H,2-5H2,1H3. The van der Waals surface area contributed by atoms with Crippen molar-refractivity contribution in [3.63, 3.8) is 0 Å². The lowest BCUT2D eigenvalue weighted by molar-refractivity contribution is 0.0392. The second-order valence-electron chi connectivity index (χ2n) is 3.63. The van der Waals surface area contributed by atoms with E-state index in [1.165, 1.54) is 0 Å². The van der Waals surface area contributed by atoms with Crippen LogP contribution in [0.5, 0.6) is 0 Å². The molecule has 1 fully saturated rings. The second kappa shape index (κ2) is 4.28. The highest BCUT2D eigenvalue weighted by Crippen LogP contribution is 2.30. The average Bonchev–Trinajstić information content (AvgIpc) is 2.67. The van der Waals surface area contributed by atoms with Gasteiger partial charge in [0.1, 0.15) is 0 Å². The van der Waals surface area contributed by atoms with E-state index in [0.717, 1.165) is 19.6 Å². The van der Waals surface area contributed by atoms with E-state index in [2.05, 4.69) is 17.1 Å². The Bertz CT molecular complexity index is 303. The molecule has 1 saturated heterocycles. The largest absolute Gasteiger partial charge is 0.381 e. The molecule has 14 heavy (non-hydrogen) atoms. The maximum atomic E-state index is 5.61. The van der Waals surface area contributed by atoms with E-state index in [1.54, 1.807) is 0 Å². The SMILES string of the molecule is CC1COCCC1c1nc(CCl)no1. The monoisotopic (exact) mass is 216 g/mol. The molecule has 2 atom stereocenters. The van der Waals surface area contributed by atoms with Crippen molar-refractivity contribution in [2.75, 3.05) is 13.2 Å². The highest BCUT2D eigenvalue weighted by atomic mass is 35.5. The van der Waals surface area contributed by atoms with Gasteiger partial charge in [0, 0.05) is 19.1 Å². The molecule has 0 saturated carbocycles. The highest BCUT2D eigenvalue weighted by molar-refractivity contribution is 6.16. The molecule has 4 nitrogen and oxygen atoms in total. The van der Waals surface area contributed by atoms with Crippen LogP contribution < -0.4 is 0 Å². The molecular weight excluding hydrogens is 204 g/mol. The molecule has 0 radical (unpaired) electrons. The molecule has 2 rings (SSSR count). The van der Waals surface area contributed by atoms with Crippen LogP contribution in [0.3, 0.4) is 0 Å². The van der Waals surface area contributed by atoms with E-state index in [-0.39, 0.29) is 0 Å². The molecule has 5 heteroatoms. The van der Waals surface area contributed by atoms with Crippen LogP contribution in [-0.4, -0.2) is 23.4 Å². The Morgan fingerprint density at radius 3 is 3.07 bits per heavy atom. The van der Waals surface area contributed by atoms with Gasteiger partial charge in [0.15, 0.2) is 5.82 Å². The smallest absolute Gasteiger partial charge is 0.230 e. The Morgan fingerprint density at radius 1 is 1.57 bits per heavy atom. The second-order valence-corrected chi connectivity index (χ2v) is 3.90. The van der Waals surface area contributed by atoms with Crippen LogP contribution in [-0.2, 0) is 10.6 Å². The van der Waals surface area contributed by atoms with Gasteiger partial charge in [0.25, 0.3) is 0 Å². The Morgan fingerprint density at radius 2 is 2.43 bits per heavy atom. The van der Waals surface area contributed by atoms with Crippen LogP contribution >= 0.6 is 11.6 Å². The molecule has 0 aromatic carbocycles. The molecule has 78 valence electrons. The van der Waals surface area contributed by atoms with Gasteiger partial charge in [-0.3, -0.25) is 0 Å². The summed E-state index contributed by atoms with van der Waals surface area (Å²) in [5.74, 6) is 2.35. The quantitative estimate of drug-likeness (QED) is 0.709. The van der Waals surface area contributed by atoms with Gasteiger partial charge < -0.3 is 9.26 Å². The van der Waals surface area contributed by atoms with E-state index in [0.29, 0.717) is 29.4 Å². The minimum Gasteiger partial charge on any atom is -0.381 e. The van der Waals surface area contributed by atoms with Crippen LogP contribution in [0.2, 0.25) is 0 Å². The third-order valence-corrected chi connectivity index (χ3v) is 2.80. The van der Waals surface area contributed by atoms with Crippen molar-refractivity contribution in [3.8, 4) is 0 Å². The fourth-order valence-corrected chi connectivity index (χ4v) is 1.83. The normalized spacial score (nSPS) is 27.9. The fraction of sp³-hybridized carbons (Fsp3) is 0.778. The predicted octanol–water partition coefficient (Wildman–Crippen LogP) is 1.95. The summed E-state index contributed by atoms with van der Waals surface area (Å²) in [6.45, 7) is 3.67. The number of hydrogen-bond acceptors (Lipinski definition) is 4. The lowest BCUT2D eigenvalue weighted by Crippen LogP contribution is -2.23. The Balaban J connectivity index is 2.12. The number of alkyl halides is 1. The number of hydrogen-bond donors (Lipinski definition) is 0. The van der Waals surface area contributed by atoms with Gasteiger partial charge in [0.2, 0.25) is 5.89 Å². The van der Waals surface area contributed by atoms with Crippen LogP contribution in [0.15, 0.2) is 4.52 Å². The minimum absolute atomic E-state index is 0.307. The van der Waals surface area contributed by atoms with Crippen molar-refractivity contribution < 1.29 is 9.26 Å². The van der Waals surface area contributed by atoms with Gasteiger partial charge in [-0.2, -0.15) is 4.98 Å². The van der Waals surface area contributed by atoms with E-state index in [4.69, 9.17) is 20.9 Å². The molecule has 0 bridgehead atoms. The summed E-state index contributed by atoms with van der Waals surface area (Å²) in [7, 11) is 0.